The molecule has 2 heterocycles. The molecule has 0 radical (unpaired) electrons. The predicted molar refractivity (Wildman–Crippen MR) is 274 cm³/mol. The van der Waals surface area contributed by atoms with Crippen LogP contribution in [-0.4, -0.2) is 9.55 Å². The second-order valence-electron chi connectivity index (χ2n) is 17.9. The van der Waals surface area contributed by atoms with Crippen molar-refractivity contribution >= 4 is 86.2 Å². The van der Waals surface area contributed by atoms with E-state index in [1.165, 1.54) is 131 Å². The minimum Gasteiger partial charge on any atom is -0.361 e. The molecule has 1 N–H and O–H groups in total. The van der Waals surface area contributed by atoms with Crippen LogP contribution in [-0.2, 0) is 0 Å². The zero-order chi connectivity index (χ0) is 42.2. The highest BCUT2D eigenvalue weighted by Crippen LogP contribution is 2.56. The number of fused-ring (bicyclic) bond motifs is 10. The lowest BCUT2D eigenvalue weighted by molar-refractivity contribution is 1.09. The number of aromatic nitrogens is 2. The Morgan fingerprint density at radius 3 is 1.73 bits per heavy atom. The molecule has 0 amide bonds. The number of aromatic amines is 1. The second kappa shape index (κ2) is 13.2. The topological polar surface area (TPSA) is 20.7 Å². The fourth-order valence-electron chi connectivity index (χ4n) is 11.4. The van der Waals surface area contributed by atoms with Crippen molar-refractivity contribution in [3.05, 3.63) is 212 Å². The van der Waals surface area contributed by atoms with Gasteiger partial charge in [0.05, 0.1) is 5.69 Å². The zero-order valence-corrected chi connectivity index (χ0v) is 35.5. The summed E-state index contributed by atoms with van der Waals surface area (Å²) in [5.41, 5.74) is 13.2. The standard InChI is InChI=1S/C62H40N2/c1-36-24-26-40-30-52-59-45(49(40)28-36)20-12-23-48(59)61-56(41-31-54(63-34-41)38-14-6-3-7-15-38)53-33-51-44-27-25-37(2)29-50(44)46-21-13-22-47(58(46)51)60(53)57(62(52)61)42-32-55(39-16-8-4-9-17-39)64(35-42)43-18-10-5-11-19-43/h3-35,63H,1-2H3. The van der Waals surface area contributed by atoms with Gasteiger partial charge in [-0.3, -0.25) is 0 Å². The minimum absolute atomic E-state index is 1.11. The van der Waals surface area contributed by atoms with Gasteiger partial charge in [0.2, 0.25) is 0 Å². The molecule has 14 aromatic rings. The first kappa shape index (κ1) is 35.4. The molecular formula is C62H40N2. The highest BCUT2D eigenvalue weighted by molar-refractivity contribution is 6.46. The van der Waals surface area contributed by atoms with Crippen LogP contribution >= 0.6 is 0 Å². The molecule has 12 aromatic carbocycles. The largest absolute Gasteiger partial charge is 0.361 e. The van der Waals surface area contributed by atoms with Gasteiger partial charge in [-0.25, -0.2) is 0 Å². The smallest absolute Gasteiger partial charge is 0.0534 e. The SMILES string of the molecule is Cc1ccc2cc3c4c(-c5cc(-c6ccccc6)n(-c6ccccc6)c5)c5c(cc6c7ccc(C)cc7c7cccc5c76)c(-c5c[nH]c(-c6ccccc6)c5)c4c4cccc(c2c1)c43. The second-order valence-corrected chi connectivity index (χ2v) is 17.9. The van der Waals surface area contributed by atoms with Crippen LogP contribution < -0.4 is 0 Å². The molecule has 0 spiro atoms. The number of aryl methyl sites for hydroxylation is 2. The van der Waals surface area contributed by atoms with E-state index in [-0.39, 0.29) is 0 Å². The number of hydrogen-bond acceptors (Lipinski definition) is 0. The van der Waals surface area contributed by atoms with Gasteiger partial charge in [0.25, 0.3) is 0 Å². The summed E-state index contributed by atoms with van der Waals surface area (Å²) in [6, 6.07) is 70.3. The van der Waals surface area contributed by atoms with Gasteiger partial charge >= 0.3 is 0 Å². The van der Waals surface area contributed by atoms with Crippen molar-refractivity contribution in [3.63, 3.8) is 0 Å². The molecule has 2 heteroatoms. The molecule has 0 bridgehead atoms. The van der Waals surface area contributed by atoms with E-state index in [1.54, 1.807) is 0 Å². The lowest BCUT2D eigenvalue weighted by atomic mass is 9.84. The molecule has 0 unspecified atom stereocenters. The molecule has 0 atom stereocenters. The van der Waals surface area contributed by atoms with E-state index >= 15 is 0 Å². The molecule has 0 aliphatic heterocycles. The fraction of sp³-hybridized carbons (Fsp3) is 0.0323. The summed E-state index contributed by atoms with van der Waals surface area (Å²) < 4.78 is 2.40. The summed E-state index contributed by atoms with van der Waals surface area (Å²) in [4.78, 5) is 3.74. The summed E-state index contributed by atoms with van der Waals surface area (Å²) in [7, 11) is 0. The number of rotatable bonds is 5. The van der Waals surface area contributed by atoms with Crippen molar-refractivity contribution in [2.45, 2.75) is 13.8 Å². The molecule has 2 aromatic heterocycles. The third kappa shape index (κ3) is 4.91. The Kier molecular flexibility index (Phi) is 7.28. The Morgan fingerprint density at radius 2 is 0.969 bits per heavy atom. The van der Waals surface area contributed by atoms with Crippen LogP contribution in [0.2, 0.25) is 0 Å². The normalized spacial score (nSPS) is 12.2. The van der Waals surface area contributed by atoms with Crippen molar-refractivity contribution in [3.8, 4) is 50.5 Å². The molecular weight excluding hydrogens is 773 g/mol. The summed E-state index contributed by atoms with van der Waals surface area (Å²) >= 11 is 0. The molecule has 0 fully saturated rings. The van der Waals surface area contributed by atoms with Crippen molar-refractivity contribution in [2.24, 2.45) is 0 Å². The molecule has 298 valence electrons. The fourth-order valence-corrected chi connectivity index (χ4v) is 11.4. The first-order valence-corrected chi connectivity index (χ1v) is 22.3. The molecule has 14 rings (SSSR count). The maximum absolute atomic E-state index is 3.74. The molecule has 2 nitrogen and oxygen atoms in total. The van der Waals surface area contributed by atoms with E-state index in [0.717, 1.165) is 17.1 Å². The zero-order valence-electron chi connectivity index (χ0n) is 35.5. The van der Waals surface area contributed by atoms with E-state index < -0.39 is 0 Å². The van der Waals surface area contributed by atoms with Crippen LogP contribution in [0.4, 0.5) is 0 Å². The van der Waals surface area contributed by atoms with Gasteiger partial charge in [-0.05, 0) is 153 Å². The first-order valence-electron chi connectivity index (χ1n) is 22.3. The van der Waals surface area contributed by atoms with Crippen molar-refractivity contribution < 1.29 is 0 Å². The van der Waals surface area contributed by atoms with Gasteiger partial charge in [0.1, 0.15) is 0 Å². The Bertz CT molecular complexity index is 4110. The van der Waals surface area contributed by atoms with Crippen LogP contribution in [0.5, 0.6) is 0 Å². The summed E-state index contributed by atoms with van der Waals surface area (Å²) in [5.74, 6) is 0. The van der Waals surface area contributed by atoms with E-state index in [1.807, 2.05) is 0 Å². The third-order valence-electron chi connectivity index (χ3n) is 14.1. The number of H-pyrrole nitrogens is 1. The van der Waals surface area contributed by atoms with E-state index in [9.17, 15) is 0 Å². The van der Waals surface area contributed by atoms with Crippen molar-refractivity contribution in [1.29, 1.82) is 0 Å². The van der Waals surface area contributed by atoms with E-state index in [0.29, 0.717) is 0 Å². The lowest BCUT2D eigenvalue weighted by Gasteiger charge is -2.18. The Balaban J connectivity index is 1.26. The molecule has 0 aliphatic rings. The van der Waals surface area contributed by atoms with Crippen LogP contribution in [0.15, 0.2) is 200 Å². The summed E-state index contributed by atoms with van der Waals surface area (Å²) in [6.07, 6.45) is 4.65. The number of para-hydroxylation sites is 1. The van der Waals surface area contributed by atoms with Gasteiger partial charge in [-0.1, -0.05) is 163 Å². The third-order valence-corrected chi connectivity index (χ3v) is 14.1. The molecule has 0 saturated carbocycles. The highest BCUT2D eigenvalue weighted by atomic mass is 15.0. The lowest BCUT2D eigenvalue weighted by Crippen LogP contribution is -1.94. The first-order chi connectivity index (χ1) is 31.6. The Hall–Kier alpha value is -8.20. The summed E-state index contributed by atoms with van der Waals surface area (Å²) in [5, 5.41) is 20.8. The van der Waals surface area contributed by atoms with Gasteiger partial charge in [0.15, 0.2) is 0 Å². The maximum Gasteiger partial charge on any atom is 0.0534 e. The van der Waals surface area contributed by atoms with Crippen LogP contribution in [0.1, 0.15) is 11.1 Å². The van der Waals surface area contributed by atoms with Crippen LogP contribution in [0.25, 0.3) is 137 Å². The Morgan fingerprint density at radius 1 is 0.344 bits per heavy atom. The predicted octanol–water partition coefficient (Wildman–Crippen LogP) is 17.2. The van der Waals surface area contributed by atoms with E-state index in [2.05, 4.69) is 224 Å². The average molecular weight is 813 g/mol. The number of nitrogens with one attached hydrogen (secondary N) is 1. The van der Waals surface area contributed by atoms with Crippen LogP contribution in [0, 0.1) is 13.8 Å². The number of benzene rings is 10. The molecule has 64 heavy (non-hydrogen) atoms. The number of nitrogens with zero attached hydrogens (tertiary/aromatic N) is 1. The monoisotopic (exact) mass is 812 g/mol. The molecule has 0 saturated heterocycles. The van der Waals surface area contributed by atoms with Crippen molar-refractivity contribution in [2.75, 3.05) is 0 Å². The van der Waals surface area contributed by atoms with Gasteiger partial charge < -0.3 is 9.55 Å². The van der Waals surface area contributed by atoms with Gasteiger partial charge in [-0.2, -0.15) is 0 Å². The minimum atomic E-state index is 1.11. The van der Waals surface area contributed by atoms with E-state index in [4.69, 9.17) is 0 Å². The quantitative estimate of drug-likeness (QED) is 0.167. The highest BCUT2D eigenvalue weighted by Gasteiger charge is 2.28. The van der Waals surface area contributed by atoms with Gasteiger partial charge in [0, 0.05) is 40.5 Å². The molecule has 0 aliphatic carbocycles. The van der Waals surface area contributed by atoms with Gasteiger partial charge in [-0.15, -0.1) is 0 Å². The van der Waals surface area contributed by atoms with Crippen molar-refractivity contribution in [1.82, 2.24) is 9.55 Å². The summed E-state index contributed by atoms with van der Waals surface area (Å²) in [6.45, 7) is 4.42. The maximum atomic E-state index is 3.74. The number of hydrogen-bond donors (Lipinski definition) is 1. The van der Waals surface area contributed by atoms with Crippen LogP contribution in [0.3, 0.4) is 0 Å². The Labute approximate surface area is 369 Å². The average Bonchev–Trinajstić information content (AvgIpc) is 4.14.